The molecule has 1 aromatic carbocycles. The zero-order valence-corrected chi connectivity index (χ0v) is 24.0. The van der Waals surface area contributed by atoms with E-state index in [0.29, 0.717) is 35.9 Å². The van der Waals surface area contributed by atoms with E-state index in [-0.39, 0.29) is 12.4 Å². The first-order valence-electron chi connectivity index (χ1n) is 13.5. The fourth-order valence-corrected chi connectivity index (χ4v) is 5.89. The number of carbonyl (C=O) groups excluding carboxylic acids is 1. The quantitative estimate of drug-likeness (QED) is 0.380. The molecule has 2 aromatic rings. The Hall–Kier alpha value is -1.96. The number of amides is 1. The zero-order valence-electron chi connectivity index (χ0n) is 22.4. The fourth-order valence-electron chi connectivity index (χ4n) is 5.70. The molecule has 4 rings (SSSR count). The van der Waals surface area contributed by atoms with Gasteiger partial charge in [-0.25, -0.2) is 4.79 Å². The lowest BCUT2D eigenvalue weighted by molar-refractivity contribution is 0.168. The first-order valence-corrected chi connectivity index (χ1v) is 13.9. The van der Waals surface area contributed by atoms with Crippen LogP contribution < -0.4 is 15.2 Å². The number of nitrogens with two attached hydrogens (primary N) is 1. The smallest absolute Gasteiger partial charge is 0.411 e. The molecule has 1 amide bonds. The monoisotopic (exact) mass is 552 g/mol. The number of carbonyl (C=O) groups is 1. The molecule has 7 nitrogen and oxygen atoms in total. The van der Waals surface area contributed by atoms with Crippen LogP contribution in [-0.2, 0) is 6.54 Å². The van der Waals surface area contributed by atoms with Gasteiger partial charge in [-0.15, -0.1) is 17.5 Å². The van der Waals surface area contributed by atoms with Crippen LogP contribution in [0.15, 0.2) is 18.2 Å². The van der Waals surface area contributed by atoms with Crippen molar-refractivity contribution in [2.45, 2.75) is 78.2 Å². The van der Waals surface area contributed by atoms with Crippen LogP contribution in [0, 0.1) is 18.8 Å². The van der Waals surface area contributed by atoms with Gasteiger partial charge < -0.3 is 20.1 Å². The average molecular weight is 554 g/mol. The normalized spacial score (nSPS) is 20.5. The van der Waals surface area contributed by atoms with Crippen LogP contribution in [0.25, 0.3) is 0 Å². The van der Waals surface area contributed by atoms with Crippen LogP contribution in [0.5, 0.6) is 11.6 Å². The van der Waals surface area contributed by atoms with E-state index in [9.17, 15) is 4.79 Å². The maximum atomic E-state index is 11.7. The molecule has 1 saturated carbocycles. The Morgan fingerprint density at radius 3 is 2.51 bits per heavy atom. The minimum absolute atomic E-state index is 0. The predicted molar refractivity (Wildman–Crippen MR) is 150 cm³/mol. The van der Waals surface area contributed by atoms with Crippen LogP contribution in [0.1, 0.15) is 81.5 Å². The van der Waals surface area contributed by atoms with Crippen molar-refractivity contribution in [3.05, 3.63) is 40.0 Å². The number of hydrogen-bond acceptors (Lipinski definition) is 5. The second-order valence-electron chi connectivity index (χ2n) is 10.9. The van der Waals surface area contributed by atoms with Gasteiger partial charge in [0.1, 0.15) is 5.75 Å². The van der Waals surface area contributed by atoms with Crippen LogP contribution in [-0.4, -0.2) is 47.0 Å². The Labute approximate surface area is 232 Å². The van der Waals surface area contributed by atoms with Crippen molar-refractivity contribution >= 4 is 30.1 Å². The number of likely N-dealkylation sites (tertiary alicyclic amines) is 1. The van der Waals surface area contributed by atoms with Gasteiger partial charge >= 0.3 is 6.09 Å². The first-order chi connectivity index (χ1) is 17.3. The highest BCUT2D eigenvalue weighted by Crippen LogP contribution is 2.41. The van der Waals surface area contributed by atoms with Gasteiger partial charge in [0.15, 0.2) is 0 Å². The van der Waals surface area contributed by atoms with Gasteiger partial charge in [-0.05, 0) is 94.5 Å². The minimum Gasteiger partial charge on any atom is -0.493 e. The summed E-state index contributed by atoms with van der Waals surface area (Å²) in [6.07, 6.45) is 7.71. The van der Waals surface area contributed by atoms with Crippen LogP contribution in [0.4, 0.5) is 4.79 Å². The van der Waals surface area contributed by atoms with E-state index in [2.05, 4.69) is 30.8 Å². The topological polar surface area (TPSA) is 82.6 Å². The van der Waals surface area contributed by atoms with Crippen molar-refractivity contribution < 1.29 is 14.3 Å². The zero-order chi connectivity index (χ0) is 25.7. The molecular weight excluding hydrogens is 511 g/mol. The molecule has 0 unspecified atom stereocenters. The molecule has 9 heteroatoms. The Bertz CT molecular complexity index is 1030. The molecule has 2 N–H and O–H groups in total. The number of halogens is 2. The van der Waals surface area contributed by atoms with E-state index >= 15 is 0 Å². The molecule has 37 heavy (non-hydrogen) atoms. The third kappa shape index (κ3) is 8.01. The van der Waals surface area contributed by atoms with E-state index in [4.69, 9.17) is 26.8 Å². The Morgan fingerprint density at radius 2 is 1.86 bits per heavy atom. The number of piperidine rings is 1. The van der Waals surface area contributed by atoms with Crippen molar-refractivity contribution in [2.75, 3.05) is 26.2 Å². The highest BCUT2D eigenvalue weighted by Gasteiger charge is 2.31. The minimum atomic E-state index is -0.830. The first kappa shape index (κ1) is 29.6. The highest BCUT2D eigenvalue weighted by atomic mass is 35.5. The van der Waals surface area contributed by atoms with Crippen molar-refractivity contribution in [1.29, 1.82) is 0 Å². The fraction of sp³-hybridized carbons (Fsp3) is 0.643. The molecule has 1 aromatic heterocycles. The molecule has 0 spiro atoms. The number of ether oxygens (including phenoxy) is 2. The van der Waals surface area contributed by atoms with Crippen LogP contribution in [0.2, 0.25) is 5.02 Å². The summed E-state index contributed by atoms with van der Waals surface area (Å²) in [5.41, 5.74) is 8.37. The lowest BCUT2D eigenvalue weighted by atomic mass is 9.78. The summed E-state index contributed by atoms with van der Waals surface area (Å²) in [4.78, 5) is 14.4. The Morgan fingerprint density at radius 1 is 1.16 bits per heavy atom. The summed E-state index contributed by atoms with van der Waals surface area (Å²) < 4.78 is 13.4. The van der Waals surface area contributed by atoms with E-state index in [1.807, 2.05) is 22.9 Å². The van der Waals surface area contributed by atoms with Gasteiger partial charge in [-0.2, -0.15) is 0 Å². The summed E-state index contributed by atoms with van der Waals surface area (Å²) in [5.74, 6) is 2.59. The maximum Gasteiger partial charge on any atom is 0.411 e. The molecular formula is C28H42Cl2N4O3. The standard InChI is InChI=1S/C28H41ClN4O3.ClH/c1-19(2)18-35-25-12-11-24(29)15-23(25)17-33-20(3)26(27(31-33)36-28(30)34)22-9-7-21(8-10-22)16-32-13-5-4-6-14-32;/h11-12,15,19,21-22H,4-10,13-14,16-18H2,1-3H3,(H2,30,34);1H. The lowest BCUT2D eigenvalue weighted by Gasteiger charge is -2.34. The molecule has 206 valence electrons. The van der Waals surface area contributed by atoms with Crippen LogP contribution >= 0.6 is 24.0 Å². The largest absolute Gasteiger partial charge is 0.493 e. The summed E-state index contributed by atoms with van der Waals surface area (Å²) in [5, 5.41) is 5.33. The number of aromatic nitrogens is 2. The molecule has 2 heterocycles. The summed E-state index contributed by atoms with van der Waals surface area (Å²) in [6.45, 7) is 11.1. The van der Waals surface area contributed by atoms with E-state index < -0.39 is 6.09 Å². The van der Waals surface area contributed by atoms with E-state index in [0.717, 1.165) is 41.3 Å². The van der Waals surface area contributed by atoms with Gasteiger partial charge in [0, 0.05) is 28.4 Å². The summed E-state index contributed by atoms with van der Waals surface area (Å²) >= 11 is 6.32. The maximum absolute atomic E-state index is 11.7. The highest BCUT2D eigenvalue weighted by molar-refractivity contribution is 6.30. The van der Waals surface area contributed by atoms with Crippen molar-refractivity contribution in [2.24, 2.45) is 17.6 Å². The number of primary amides is 1. The van der Waals surface area contributed by atoms with Crippen LogP contribution in [0.3, 0.4) is 0 Å². The lowest BCUT2D eigenvalue weighted by Crippen LogP contribution is -2.35. The molecule has 0 bridgehead atoms. The van der Waals surface area contributed by atoms with Gasteiger partial charge in [0.05, 0.1) is 13.2 Å². The average Bonchev–Trinajstić information content (AvgIpc) is 3.13. The van der Waals surface area contributed by atoms with Crippen molar-refractivity contribution in [3.63, 3.8) is 0 Å². The summed E-state index contributed by atoms with van der Waals surface area (Å²) in [7, 11) is 0. The van der Waals surface area contributed by atoms with Crippen molar-refractivity contribution in [1.82, 2.24) is 14.7 Å². The molecule has 1 aliphatic carbocycles. The molecule has 0 atom stereocenters. The van der Waals surface area contributed by atoms with Crippen molar-refractivity contribution in [3.8, 4) is 11.6 Å². The Balaban J connectivity index is 0.00000380. The molecule has 2 aliphatic rings. The third-order valence-electron chi connectivity index (χ3n) is 7.55. The predicted octanol–water partition coefficient (Wildman–Crippen LogP) is 6.57. The number of hydrogen-bond donors (Lipinski definition) is 1. The van der Waals surface area contributed by atoms with Gasteiger partial charge in [0.25, 0.3) is 0 Å². The Kier molecular flexibility index (Phi) is 11.0. The van der Waals surface area contributed by atoms with E-state index in [1.54, 1.807) is 0 Å². The molecule has 1 aliphatic heterocycles. The number of nitrogens with zero attached hydrogens (tertiary/aromatic N) is 3. The summed E-state index contributed by atoms with van der Waals surface area (Å²) in [6, 6.07) is 5.66. The SMILES string of the molecule is Cc1c(C2CCC(CN3CCCCC3)CC2)c(OC(N)=O)nn1Cc1cc(Cl)ccc1OCC(C)C.Cl. The second kappa shape index (κ2) is 13.7. The van der Waals surface area contributed by atoms with E-state index in [1.165, 1.54) is 51.7 Å². The van der Waals surface area contributed by atoms with Gasteiger partial charge in [0.2, 0.25) is 5.88 Å². The molecule has 1 saturated heterocycles. The molecule has 0 radical (unpaired) electrons. The second-order valence-corrected chi connectivity index (χ2v) is 11.4. The van der Waals surface area contributed by atoms with Gasteiger partial charge in [-0.3, -0.25) is 4.68 Å². The number of rotatable bonds is 9. The molecule has 2 fully saturated rings. The van der Waals surface area contributed by atoms with Gasteiger partial charge in [-0.1, -0.05) is 31.9 Å². The third-order valence-corrected chi connectivity index (χ3v) is 7.79. The number of benzene rings is 1.